The normalized spacial score (nSPS) is 22.0. The molecule has 1 fully saturated rings. The molecule has 1 N–H and O–H groups in total. The summed E-state index contributed by atoms with van der Waals surface area (Å²) >= 11 is 0. The summed E-state index contributed by atoms with van der Waals surface area (Å²) in [5.74, 6) is 2.36. The van der Waals surface area contributed by atoms with E-state index in [0.717, 1.165) is 25.6 Å². The Kier molecular flexibility index (Phi) is 7.29. The Labute approximate surface area is 152 Å². The van der Waals surface area contributed by atoms with Gasteiger partial charge >= 0.3 is 0 Å². The van der Waals surface area contributed by atoms with Gasteiger partial charge in [-0.05, 0) is 43.7 Å². The highest BCUT2D eigenvalue weighted by Crippen LogP contribution is 2.21. The molecule has 0 saturated carbocycles. The molecule has 0 spiro atoms. The molecule has 1 aromatic carbocycles. The number of likely N-dealkylation sites (tertiary alicyclic amines) is 1. The number of rotatable bonds is 6. The minimum Gasteiger partial charge on any atom is -0.357 e. The second-order valence-electron chi connectivity index (χ2n) is 7.07. The molecule has 1 saturated heterocycles. The van der Waals surface area contributed by atoms with Gasteiger partial charge in [0.05, 0.1) is 10.6 Å². The van der Waals surface area contributed by atoms with Crippen molar-refractivity contribution in [1.82, 2.24) is 10.2 Å². The van der Waals surface area contributed by atoms with Crippen LogP contribution in [0.15, 0.2) is 40.2 Å². The molecule has 2 atom stereocenters. The molecule has 0 radical (unpaired) electrons. The van der Waals surface area contributed by atoms with E-state index in [-0.39, 0.29) is 5.75 Å². The summed E-state index contributed by atoms with van der Waals surface area (Å²) in [5.41, 5.74) is 0. The molecule has 140 valence electrons. The van der Waals surface area contributed by atoms with Gasteiger partial charge < -0.3 is 10.2 Å². The fourth-order valence-corrected chi connectivity index (χ4v) is 4.76. The van der Waals surface area contributed by atoms with Crippen molar-refractivity contribution in [2.24, 2.45) is 16.8 Å². The Bertz CT molecular complexity index is 649. The van der Waals surface area contributed by atoms with Crippen molar-refractivity contribution in [3.63, 3.8) is 0 Å². The number of guanidine groups is 1. The van der Waals surface area contributed by atoms with Crippen LogP contribution in [0.5, 0.6) is 0 Å². The van der Waals surface area contributed by atoms with Gasteiger partial charge in [0, 0.05) is 26.2 Å². The number of hydrogen-bond donors (Lipinski definition) is 1. The van der Waals surface area contributed by atoms with E-state index in [1.165, 1.54) is 6.42 Å². The molecule has 5 nitrogen and oxygen atoms in total. The molecule has 0 bridgehead atoms. The van der Waals surface area contributed by atoms with Crippen molar-refractivity contribution >= 4 is 15.8 Å². The van der Waals surface area contributed by atoms with Crippen LogP contribution in [0, 0.1) is 11.8 Å². The van der Waals surface area contributed by atoms with Crippen molar-refractivity contribution in [2.75, 3.05) is 31.9 Å². The number of nitrogens with zero attached hydrogens (tertiary/aromatic N) is 2. The summed E-state index contributed by atoms with van der Waals surface area (Å²) < 4.78 is 24.6. The molecule has 6 heteroatoms. The van der Waals surface area contributed by atoms with Crippen molar-refractivity contribution < 1.29 is 8.42 Å². The van der Waals surface area contributed by atoms with Crippen LogP contribution < -0.4 is 5.32 Å². The third kappa shape index (κ3) is 6.03. The second-order valence-corrected chi connectivity index (χ2v) is 9.18. The average molecular weight is 366 g/mol. The van der Waals surface area contributed by atoms with Gasteiger partial charge in [-0.3, -0.25) is 4.99 Å². The van der Waals surface area contributed by atoms with Crippen LogP contribution in [-0.2, 0) is 9.84 Å². The lowest BCUT2D eigenvalue weighted by Gasteiger charge is -2.37. The first-order valence-corrected chi connectivity index (χ1v) is 10.9. The number of aliphatic imine (C=N–C) groups is 1. The highest BCUT2D eigenvalue weighted by atomic mass is 32.2. The molecule has 0 amide bonds. The Morgan fingerprint density at radius 3 is 2.44 bits per heavy atom. The van der Waals surface area contributed by atoms with Crippen LogP contribution in [0.2, 0.25) is 0 Å². The second kappa shape index (κ2) is 9.22. The van der Waals surface area contributed by atoms with Gasteiger partial charge in [-0.2, -0.15) is 0 Å². The molecule has 0 aromatic heterocycles. The van der Waals surface area contributed by atoms with Crippen LogP contribution in [0.25, 0.3) is 0 Å². The van der Waals surface area contributed by atoms with Gasteiger partial charge in [-0.25, -0.2) is 8.42 Å². The highest BCUT2D eigenvalue weighted by Gasteiger charge is 2.24. The summed E-state index contributed by atoms with van der Waals surface area (Å²) in [6.45, 7) is 9.98. The van der Waals surface area contributed by atoms with Gasteiger partial charge in [0.15, 0.2) is 15.8 Å². The number of sulfone groups is 1. The zero-order valence-corrected chi connectivity index (χ0v) is 16.4. The van der Waals surface area contributed by atoms with E-state index in [9.17, 15) is 8.42 Å². The van der Waals surface area contributed by atoms with Crippen LogP contribution in [0.4, 0.5) is 0 Å². The number of piperidine rings is 1. The zero-order valence-electron chi connectivity index (χ0n) is 15.6. The van der Waals surface area contributed by atoms with Crippen molar-refractivity contribution in [1.29, 1.82) is 0 Å². The lowest BCUT2D eigenvalue weighted by atomic mass is 9.92. The van der Waals surface area contributed by atoms with E-state index in [1.54, 1.807) is 24.3 Å². The monoisotopic (exact) mass is 365 g/mol. The highest BCUT2D eigenvalue weighted by molar-refractivity contribution is 7.91. The first kappa shape index (κ1) is 19.8. The molecule has 25 heavy (non-hydrogen) atoms. The summed E-state index contributed by atoms with van der Waals surface area (Å²) in [5, 5.41) is 3.35. The number of benzene rings is 1. The Morgan fingerprint density at radius 1 is 1.20 bits per heavy atom. The Hall–Kier alpha value is -1.56. The van der Waals surface area contributed by atoms with E-state index in [0.29, 0.717) is 29.7 Å². The molecule has 1 aliphatic heterocycles. The fraction of sp³-hybridized carbons (Fsp3) is 0.632. The van der Waals surface area contributed by atoms with E-state index in [1.807, 2.05) is 6.07 Å². The molecular formula is C19H31N3O2S. The van der Waals surface area contributed by atoms with E-state index in [4.69, 9.17) is 0 Å². The maximum Gasteiger partial charge on any atom is 0.193 e. The minimum absolute atomic E-state index is 0.132. The lowest BCUT2D eigenvalue weighted by molar-refractivity contribution is 0.208. The lowest BCUT2D eigenvalue weighted by Crippen LogP contribution is -2.48. The van der Waals surface area contributed by atoms with E-state index in [2.05, 4.69) is 36.0 Å². The van der Waals surface area contributed by atoms with Gasteiger partial charge in [-0.1, -0.05) is 32.0 Å². The van der Waals surface area contributed by atoms with Crippen LogP contribution in [-0.4, -0.2) is 51.2 Å². The largest absolute Gasteiger partial charge is 0.357 e. The van der Waals surface area contributed by atoms with Gasteiger partial charge in [-0.15, -0.1) is 0 Å². The molecule has 0 aliphatic carbocycles. The third-order valence-electron chi connectivity index (χ3n) is 4.44. The smallest absolute Gasteiger partial charge is 0.193 e. The molecular weight excluding hydrogens is 334 g/mol. The Balaban J connectivity index is 1.93. The molecule has 1 aliphatic rings. The summed E-state index contributed by atoms with van der Waals surface area (Å²) in [4.78, 5) is 7.38. The third-order valence-corrected chi connectivity index (χ3v) is 6.25. The van der Waals surface area contributed by atoms with Gasteiger partial charge in [0.1, 0.15) is 0 Å². The Morgan fingerprint density at radius 2 is 1.84 bits per heavy atom. The summed E-state index contributed by atoms with van der Waals surface area (Å²) in [6, 6.07) is 8.64. The quantitative estimate of drug-likeness (QED) is 0.478. The maximum absolute atomic E-state index is 12.3. The van der Waals surface area contributed by atoms with Crippen molar-refractivity contribution in [3.05, 3.63) is 30.3 Å². The number of nitrogens with one attached hydrogen (secondary N) is 1. The fourth-order valence-electron chi connectivity index (χ4n) is 3.45. The van der Waals surface area contributed by atoms with Crippen molar-refractivity contribution in [2.45, 2.75) is 38.5 Å². The predicted octanol–water partition coefficient (Wildman–Crippen LogP) is 2.79. The van der Waals surface area contributed by atoms with Crippen LogP contribution in [0.3, 0.4) is 0 Å². The molecule has 2 rings (SSSR count). The summed E-state index contributed by atoms with van der Waals surface area (Å²) in [7, 11) is -3.22. The van der Waals surface area contributed by atoms with Gasteiger partial charge in [0.25, 0.3) is 0 Å². The average Bonchev–Trinajstić information content (AvgIpc) is 2.57. The van der Waals surface area contributed by atoms with E-state index >= 15 is 0 Å². The SMILES string of the molecule is CCNC(=NCCCS(=O)(=O)c1ccccc1)N1CC(C)CC(C)C1. The van der Waals surface area contributed by atoms with Crippen molar-refractivity contribution in [3.8, 4) is 0 Å². The summed E-state index contributed by atoms with van der Waals surface area (Å²) in [6.07, 6.45) is 1.79. The van der Waals surface area contributed by atoms with Gasteiger partial charge in [0.2, 0.25) is 0 Å². The molecule has 2 unspecified atom stereocenters. The maximum atomic E-state index is 12.3. The minimum atomic E-state index is -3.22. The standard InChI is InChI=1S/C19H31N3O2S/c1-4-20-19(22-14-16(2)13-17(3)15-22)21-11-8-12-25(23,24)18-9-6-5-7-10-18/h5-7,9-10,16-17H,4,8,11-15H2,1-3H3,(H,20,21). The zero-order chi connectivity index (χ0) is 18.3. The van der Waals surface area contributed by atoms with Crippen LogP contribution >= 0.6 is 0 Å². The topological polar surface area (TPSA) is 61.8 Å². The predicted molar refractivity (Wildman–Crippen MR) is 104 cm³/mol. The first-order chi connectivity index (χ1) is 11.9. The van der Waals surface area contributed by atoms with E-state index < -0.39 is 9.84 Å². The molecule has 1 aromatic rings. The van der Waals surface area contributed by atoms with Crippen LogP contribution in [0.1, 0.15) is 33.6 Å². The number of hydrogen-bond acceptors (Lipinski definition) is 3. The first-order valence-electron chi connectivity index (χ1n) is 9.23. The molecule has 1 heterocycles.